The van der Waals surface area contributed by atoms with Gasteiger partial charge in [-0.25, -0.2) is 5.84 Å². The average molecular weight is 389 g/mol. The van der Waals surface area contributed by atoms with Crippen molar-refractivity contribution in [3.8, 4) is 5.75 Å². The Balaban J connectivity index is 0.00000102. The van der Waals surface area contributed by atoms with E-state index in [2.05, 4.69) is 28.9 Å². The molecule has 0 spiro atoms. The minimum Gasteiger partial charge on any atom is -0.508 e. The molecule has 4 unspecified atom stereocenters. The summed E-state index contributed by atoms with van der Waals surface area (Å²) >= 11 is 5.05. The molecule has 4 atom stereocenters. The van der Waals surface area contributed by atoms with Crippen LogP contribution in [0.5, 0.6) is 5.75 Å². The van der Waals surface area contributed by atoms with E-state index in [1.165, 1.54) is 36.1 Å². The van der Waals surface area contributed by atoms with E-state index in [9.17, 15) is 5.11 Å². The van der Waals surface area contributed by atoms with Crippen LogP contribution in [0.3, 0.4) is 0 Å². The van der Waals surface area contributed by atoms with E-state index in [4.69, 9.17) is 18.1 Å². The van der Waals surface area contributed by atoms with Crippen molar-refractivity contribution in [2.75, 3.05) is 0 Å². The number of nitrogens with two attached hydrogens (primary N) is 1. The van der Waals surface area contributed by atoms with Crippen molar-refractivity contribution in [2.24, 2.45) is 28.2 Å². The third kappa shape index (κ3) is 3.57. The van der Waals surface area contributed by atoms with Crippen LogP contribution >= 0.6 is 12.2 Å². The van der Waals surface area contributed by atoms with Gasteiger partial charge in [0.2, 0.25) is 5.11 Å². The topological polar surface area (TPSA) is 82.7 Å². The molecule has 27 heavy (non-hydrogen) atoms. The molecule has 5 nitrogen and oxygen atoms in total. The Bertz CT molecular complexity index is 735. The Labute approximate surface area is 167 Å². The summed E-state index contributed by atoms with van der Waals surface area (Å²) in [6.45, 7) is 6.38. The molecule has 0 aliphatic heterocycles. The zero-order valence-corrected chi connectivity index (χ0v) is 17.4. The van der Waals surface area contributed by atoms with E-state index in [0.29, 0.717) is 28.6 Å². The van der Waals surface area contributed by atoms with Crippen LogP contribution in [-0.2, 0) is 6.42 Å². The maximum absolute atomic E-state index is 9.79. The Kier molecular flexibility index (Phi) is 6.06. The second-order valence-corrected chi connectivity index (χ2v) is 8.35. The van der Waals surface area contributed by atoms with Gasteiger partial charge in [-0.3, -0.25) is 10.9 Å². The zero-order chi connectivity index (χ0) is 19.6. The van der Waals surface area contributed by atoms with Crippen molar-refractivity contribution in [3.05, 3.63) is 29.3 Å². The fraction of sp³-hybridized carbons (Fsp3) is 0.619. The molecule has 0 saturated heterocycles. The number of hydrogen-bond donors (Lipinski definition) is 4. The predicted octanol–water partition coefficient (Wildman–Crippen LogP) is 3.97. The number of aromatic hydroxyl groups is 1. The number of phenols is 1. The summed E-state index contributed by atoms with van der Waals surface area (Å²) in [5.74, 6) is 7.73. The molecule has 3 aliphatic rings. The Morgan fingerprint density at radius 3 is 2.78 bits per heavy atom. The molecular formula is C21H32N4OS. The van der Waals surface area contributed by atoms with Crippen LogP contribution in [0.2, 0.25) is 0 Å². The van der Waals surface area contributed by atoms with Gasteiger partial charge in [-0.15, -0.1) is 0 Å². The number of rotatable bonds is 1. The first kappa shape index (κ1) is 20.1. The Morgan fingerprint density at radius 2 is 2.04 bits per heavy atom. The minimum atomic E-state index is 0.160. The summed E-state index contributed by atoms with van der Waals surface area (Å²) in [5.41, 5.74) is 9.52. The van der Waals surface area contributed by atoms with Gasteiger partial charge in [0, 0.05) is 11.1 Å². The van der Waals surface area contributed by atoms with Gasteiger partial charge < -0.3 is 5.11 Å². The molecular weight excluding hydrogens is 356 g/mol. The molecule has 1 aromatic rings. The van der Waals surface area contributed by atoms with E-state index < -0.39 is 0 Å². The fourth-order valence-corrected chi connectivity index (χ4v) is 5.74. The Morgan fingerprint density at radius 1 is 1.26 bits per heavy atom. The maximum atomic E-state index is 9.79. The van der Waals surface area contributed by atoms with E-state index in [-0.39, 0.29) is 5.41 Å². The smallest absolute Gasteiger partial charge is 0.201 e. The van der Waals surface area contributed by atoms with Crippen LogP contribution in [0.4, 0.5) is 0 Å². The third-order valence-electron chi connectivity index (χ3n) is 6.87. The van der Waals surface area contributed by atoms with Crippen LogP contribution in [0.25, 0.3) is 0 Å². The number of nitrogens with zero attached hydrogens (tertiary/aromatic N) is 1. The zero-order valence-electron chi connectivity index (χ0n) is 16.6. The summed E-state index contributed by atoms with van der Waals surface area (Å²) < 4.78 is 0. The summed E-state index contributed by atoms with van der Waals surface area (Å²) in [7, 11) is 0. The quantitative estimate of drug-likeness (QED) is 0.332. The number of hydrazone groups is 1. The standard InChI is InChI=1S/C19H26N4OS.C2H6/c1-19-9-8-14-13-5-3-12(24)10-11(13)2-4-15(14)16(19)6-7-17(19)22-23-18(25)21-20;1-2/h3,5,10,14-16,24H,2,4,6-9,20H2,1H3,(H2,21,23,25);1-2H3/b22-17+;. The number of fused-ring (bicyclic) bond motifs is 5. The van der Waals surface area contributed by atoms with Crippen LogP contribution in [-0.4, -0.2) is 15.9 Å². The molecule has 6 heteroatoms. The molecule has 0 bridgehead atoms. The highest BCUT2D eigenvalue weighted by molar-refractivity contribution is 7.80. The average Bonchev–Trinajstić information content (AvgIpc) is 3.03. The van der Waals surface area contributed by atoms with Crippen LogP contribution in [0.1, 0.15) is 69.9 Å². The number of thiocarbonyl (C=S) groups is 1. The van der Waals surface area contributed by atoms with E-state index in [0.717, 1.165) is 19.3 Å². The summed E-state index contributed by atoms with van der Waals surface area (Å²) in [6.07, 6.45) is 6.87. The van der Waals surface area contributed by atoms with Crippen molar-refractivity contribution >= 4 is 23.0 Å². The highest BCUT2D eigenvalue weighted by atomic mass is 32.1. The summed E-state index contributed by atoms with van der Waals surface area (Å²) in [4.78, 5) is 0. The second-order valence-electron chi connectivity index (χ2n) is 7.94. The molecule has 0 heterocycles. The highest BCUT2D eigenvalue weighted by Gasteiger charge is 2.53. The van der Waals surface area contributed by atoms with Crippen molar-refractivity contribution in [2.45, 2.75) is 65.2 Å². The van der Waals surface area contributed by atoms with Crippen molar-refractivity contribution in [1.82, 2.24) is 10.9 Å². The molecule has 2 fully saturated rings. The van der Waals surface area contributed by atoms with Gasteiger partial charge in [-0.05, 0) is 91.8 Å². The number of phenolic OH excluding ortho intramolecular Hbond substituents is 1. The van der Waals surface area contributed by atoms with E-state index in [1.807, 2.05) is 26.0 Å². The normalized spacial score (nSPS) is 32.4. The molecule has 0 amide bonds. The summed E-state index contributed by atoms with van der Waals surface area (Å²) in [6, 6.07) is 5.97. The second kappa shape index (κ2) is 8.15. The van der Waals surface area contributed by atoms with Gasteiger partial charge in [0.15, 0.2) is 0 Å². The van der Waals surface area contributed by atoms with Crippen LogP contribution in [0.15, 0.2) is 23.3 Å². The lowest BCUT2D eigenvalue weighted by Crippen LogP contribution is -2.43. The first-order chi connectivity index (χ1) is 13.0. The maximum Gasteiger partial charge on any atom is 0.201 e. The number of aryl methyl sites for hydroxylation is 1. The van der Waals surface area contributed by atoms with Crippen molar-refractivity contribution < 1.29 is 5.11 Å². The summed E-state index contributed by atoms with van der Waals surface area (Å²) in [5, 5.41) is 14.7. The molecule has 2 saturated carbocycles. The molecule has 3 aliphatic carbocycles. The highest BCUT2D eigenvalue weighted by Crippen LogP contribution is 2.59. The first-order valence-electron chi connectivity index (χ1n) is 10.2. The molecule has 0 radical (unpaired) electrons. The van der Waals surface area contributed by atoms with Gasteiger partial charge in [0.25, 0.3) is 0 Å². The molecule has 148 valence electrons. The van der Waals surface area contributed by atoms with Crippen LogP contribution in [0, 0.1) is 17.3 Å². The lowest BCUT2D eigenvalue weighted by atomic mass is 9.55. The SMILES string of the molecule is CC.CC12CCC3c4ccc(O)cc4CCC3C1CC/C2=N\NC(=S)NN. The number of hydrazine groups is 1. The third-order valence-corrected chi connectivity index (χ3v) is 7.08. The minimum absolute atomic E-state index is 0.160. The van der Waals surface area contributed by atoms with Gasteiger partial charge in [0.1, 0.15) is 5.75 Å². The Hall–Kier alpha value is -1.66. The van der Waals surface area contributed by atoms with Gasteiger partial charge in [-0.2, -0.15) is 5.10 Å². The predicted molar refractivity (Wildman–Crippen MR) is 115 cm³/mol. The van der Waals surface area contributed by atoms with Gasteiger partial charge in [-0.1, -0.05) is 26.8 Å². The first-order valence-corrected chi connectivity index (χ1v) is 10.6. The number of nitrogens with one attached hydrogen (secondary N) is 2. The van der Waals surface area contributed by atoms with E-state index in [1.54, 1.807) is 0 Å². The van der Waals surface area contributed by atoms with Gasteiger partial charge in [0.05, 0.1) is 0 Å². The van der Waals surface area contributed by atoms with Crippen molar-refractivity contribution in [3.63, 3.8) is 0 Å². The monoisotopic (exact) mass is 388 g/mol. The largest absolute Gasteiger partial charge is 0.508 e. The lowest BCUT2D eigenvalue weighted by Gasteiger charge is -2.49. The molecule has 4 rings (SSSR count). The van der Waals surface area contributed by atoms with Crippen LogP contribution < -0.4 is 16.7 Å². The van der Waals surface area contributed by atoms with Gasteiger partial charge >= 0.3 is 0 Å². The lowest BCUT2D eigenvalue weighted by molar-refractivity contribution is 0.0954. The number of benzene rings is 1. The fourth-order valence-electron chi connectivity index (χ4n) is 5.69. The van der Waals surface area contributed by atoms with E-state index >= 15 is 0 Å². The molecule has 0 aromatic heterocycles. The molecule has 5 N–H and O–H groups in total. The van der Waals surface area contributed by atoms with Crippen molar-refractivity contribution in [1.29, 1.82) is 0 Å². The number of hydrogen-bond acceptors (Lipinski definition) is 4. The molecule has 1 aromatic carbocycles.